The lowest BCUT2D eigenvalue weighted by Gasteiger charge is -2.07. The van der Waals surface area contributed by atoms with Gasteiger partial charge in [0.05, 0.1) is 10.9 Å². The maximum Gasteiger partial charge on any atom is 0.233 e. The molecule has 0 atom stereocenters. The summed E-state index contributed by atoms with van der Waals surface area (Å²) in [7, 11) is 1.72. The number of rotatable bonds is 5. The Morgan fingerprint density at radius 1 is 1.14 bits per heavy atom. The van der Waals surface area contributed by atoms with Crippen LogP contribution in [0.15, 0.2) is 40.9 Å². The molecule has 2 aromatic heterocycles. The summed E-state index contributed by atoms with van der Waals surface area (Å²) in [6.45, 7) is 0.714. The molecule has 1 aliphatic rings. The van der Waals surface area contributed by atoms with Gasteiger partial charge < -0.3 is 9.26 Å². The second-order valence-electron chi connectivity index (χ2n) is 5.84. The molecular formula is C17H17N3O2. The van der Waals surface area contributed by atoms with Crippen LogP contribution in [0, 0.1) is 0 Å². The van der Waals surface area contributed by atoms with Crippen LogP contribution in [0.1, 0.15) is 25.2 Å². The van der Waals surface area contributed by atoms with Gasteiger partial charge in [0.1, 0.15) is 5.69 Å². The summed E-state index contributed by atoms with van der Waals surface area (Å²) in [5, 5.41) is 5.22. The van der Waals surface area contributed by atoms with Crippen molar-refractivity contribution in [3.05, 3.63) is 42.3 Å². The lowest BCUT2D eigenvalue weighted by atomic mass is 10.0. The lowest BCUT2D eigenvalue weighted by Crippen LogP contribution is -2.10. The quantitative estimate of drug-likeness (QED) is 0.722. The first-order valence-electron chi connectivity index (χ1n) is 7.50. The lowest BCUT2D eigenvalue weighted by molar-refractivity contribution is 0.177. The standard InChI is InChI=1S/C17H17N3O2/c1-21-11-10-17(8-9-17)16-19-15(20-22-16)14-7-6-12-4-2-3-5-13(12)18-14/h2-7H,8-11H2,1H3. The van der Waals surface area contributed by atoms with Crippen LogP contribution in [0.2, 0.25) is 0 Å². The molecular weight excluding hydrogens is 278 g/mol. The highest BCUT2D eigenvalue weighted by Gasteiger charge is 2.48. The van der Waals surface area contributed by atoms with E-state index >= 15 is 0 Å². The van der Waals surface area contributed by atoms with Gasteiger partial charge in [-0.3, -0.25) is 0 Å². The average Bonchev–Trinajstić information content (AvgIpc) is 3.19. The molecule has 0 aliphatic heterocycles. The van der Waals surface area contributed by atoms with E-state index in [0.29, 0.717) is 12.4 Å². The maximum absolute atomic E-state index is 5.50. The minimum Gasteiger partial charge on any atom is -0.385 e. The molecule has 0 spiro atoms. The molecule has 1 fully saturated rings. The van der Waals surface area contributed by atoms with E-state index in [1.807, 2.05) is 36.4 Å². The Bertz CT molecular complexity index is 808. The van der Waals surface area contributed by atoms with Crippen LogP contribution in [0.4, 0.5) is 0 Å². The second-order valence-corrected chi connectivity index (χ2v) is 5.84. The molecule has 0 radical (unpaired) electrons. The van der Waals surface area contributed by atoms with E-state index in [9.17, 15) is 0 Å². The first-order chi connectivity index (χ1) is 10.8. The molecule has 0 N–H and O–H groups in total. The summed E-state index contributed by atoms with van der Waals surface area (Å²) in [5.74, 6) is 1.28. The average molecular weight is 295 g/mol. The number of nitrogens with zero attached hydrogens (tertiary/aromatic N) is 3. The summed E-state index contributed by atoms with van der Waals surface area (Å²) in [6, 6.07) is 12.0. The van der Waals surface area contributed by atoms with Crippen molar-refractivity contribution in [2.75, 3.05) is 13.7 Å². The molecule has 1 aliphatic carbocycles. The fourth-order valence-electron chi connectivity index (χ4n) is 2.75. The Hall–Kier alpha value is -2.27. The van der Waals surface area contributed by atoms with Crippen LogP contribution in [0.5, 0.6) is 0 Å². The highest BCUT2D eigenvalue weighted by atomic mass is 16.5. The first-order valence-corrected chi connectivity index (χ1v) is 7.50. The van der Waals surface area contributed by atoms with Crippen molar-refractivity contribution >= 4 is 10.9 Å². The number of hydrogen-bond acceptors (Lipinski definition) is 5. The van der Waals surface area contributed by atoms with E-state index in [1.165, 1.54) is 0 Å². The smallest absolute Gasteiger partial charge is 0.233 e. The molecule has 0 bridgehead atoms. The molecule has 2 heterocycles. The largest absolute Gasteiger partial charge is 0.385 e. The molecule has 3 aromatic rings. The van der Waals surface area contributed by atoms with Gasteiger partial charge in [-0.15, -0.1) is 0 Å². The summed E-state index contributed by atoms with van der Waals surface area (Å²) in [4.78, 5) is 9.19. The number of aromatic nitrogens is 3. The number of ether oxygens (including phenoxy) is 1. The number of hydrogen-bond donors (Lipinski definition) is 0. The Morgan fingerprint density at radius 3 is 2.82 bits per heavy atom. The fourth-order valence-corrected chi connectivity index (χ4v) is 2.75. The Labute approximate surface area is 128 Å². The van der Waals surface area contributed by atoms with Crippen molar-refractivity contribution in [2.45, 2.75) is 24.7 Å². The van der Waals surface area contributed by atoms with E-state index in [-0.39, 0.29) is 5.41 Å². The predicted octanol–water partition coefficient (Wildman–Crippen LogP) is 3.35. The van der Waals surface area contributed by atoms with Gasteiger partial charge in [0, 0.05) is 19.1 Å². The van der Waals surface area contributed by atoms with Crippen LogP contribution in [0.3, 0.4) is 0 Å². The molecule has 0 amide bonds. The van der Waals surface area contributed by atoms with Crippen LogP contribution in [-0.2, 0) is 10.2 Å². The van der Waals surface area contributed by atoms with E-state index in [4.69, 9.17) is 9.26 Å². The molecule has 22 heavy (non-hydrogen) atoms. The van der Waals surface area contributed by atoms with Gasteiger partial charge in [0.25, 0.3) is 0 Å². The van der Waals surface area contributed by atoms with Crippen LogP contribution >= 0.6 is 0 Å². The molecule has 1 saturated carbocycles. The third kappa shape index (κ3) is 2.27. The highest BCUT2D eigenvalue weighted by molar-refractivity contribution is 5.80. The summed E-state index contributed by atoms with van der Waals surface area (Å²) < 4.78 is 10.7. The topological polar surface area (TPSA) is 61.0 Å². The minimum absolute atomic E-state index is 0.0259. The van der Waals surface area contributed by atoms with Gasteiger partial charge in [-0.2, -0.15) is 4.98 Å². The van der Waals surface area contributed by atoms with Gasteiger partial charge in [-0.05, 0) is 31.4 Å². The zero-order valence-electron chi connectivity index (χ0n) is 12.5. The zero-order chi connectivity index (χ0) is 15.0. The van der Waals surface area contributed by atoms with E-state index in [1.54, 1.807) is 7.11 Å². The van der Waals surface area contributed by atoms with Gasteiger partial charge in [-0.1, -0.05) is 29.4 Å². The highest BCUT2D eigenvalue weighted by Crippen LogP contribution is 2.50. The van der Waals surface area contributed by atoms with Gasteiger partial charge in [-0.25, -0.2) is 4.98 Å². The molecule has 4 rings (SSSR count). The van der Waals surface area contributed by atoms with Crippen molar-refractivity contribution in [1.29, 1.82) is 0 Å². The number of fused-ring (bicyclic) bond motifs is 1. The van der Waals surface area contributed by atoms with Crippen molar-refractivity contribution < 1.29 is 9.26 Å². The van der Waals surface area contributed by atoms with Crippen LogP contribution in [0.25, 0.3) is 22.4 Å². The SMILES string of the molecule is COCCC1(c2nc(-c3ccc4ccccc4n3)no2)CC1. The third-order valence-corrected chi connectivity index (χ3v) is 4.35. The van der Waals surface area contributed by atoms with Crippen molar-refractivity contribution in [1.82, 2.24) is 15.1 Å². The van der Waals surface area contributed by atoms with Crippen LogP contribution in [-0.4, -0.2) is 28.8 Å². The van der Waals surface area contributed by atoms with Gasteiger partial charge in [0.15, 0.2) is 0 Å². The minimum atomic E-state index is 0.0259. The van der Waals surface area contributed by atoms with Crippen molar-refractivity contribution in [2.24, 2.45) is 0 Å². The second kappa shape index (κ2) is 5.18. The summed E-state index contributed by atoms with van der Waals surface area (Å²) in [5.41, 5.74) is 1.71. The Balaban J connectivity index is 1.65. The van der Waals surface area contributed by atoms with Gasteiger partial charge >= 0.3 is 0 Å². The summed E-state index contributed by atoms with van der Waals surface area (Å²) in [6.07, 6.45) is 3.10. The first kappa shape index (κ1) is 13.4. The van der Waals surface area contributed by atoms with Crippen LogP contribution < -0.4 is 0 Å². The third-order valence-electron chi connectivity index (χ3n) is 4.35. The van der Waals surface area contributed by atoms with E-state index in [2.05, 4.69) is 15.1 Å². The summed E-state index contributed by atoms with van der Waals surface area (Å²) >= 11 is 0. The molecule has 5 nitrogen and oxygen atoms in total. The number of para-hydroxylation sites is 1. The molecule has 5 heteroatoms. The molecule has 112 valence electrons. The molecule has 0 saturated heterocycles. The zero-order valence-corrected chi connectivity index (χ0v) is 12.5. The number of methoxy groups -OCH3 is 1. The monoisotopic (exact) mass is 295 g/mol. The molecule has 1 aromatic carbocycles. The van der Waals surface area contributed by atoms with Gasteiger partial charge in [0.2, 0.25) is 11.7 Å². The van der Waals surface area contributed by atoms with E-state index in [0.717, 1.165) is 41.8 Å². The fraction of sp³-hybridized carbons (Fsp3) is 0.353. The Kier molecular flexibility index (Phi) is 3.15. The van der Waals surface area contributed by atoms with E-state index < -0.39 is 0 Å². The molecule has 0 unspecified atom stereocenters. The normalized spacial score (nSPS) is 16.0. The number of benzene rings is 1. The number of pyridine rings is 1. The van der Waals surface area contributed by atoms with Crippen molar-refractivity contribution in [3.8, 4) is 11.5 Å². The van der Waals surface area contributed by atoms with Crippen molar-refractivity contribution in [3.63, 3.8) is 0 Å². The Morgan fingerprint density at radius 2 is 2.00 bits per heavy atom. The predicted molar refractivity (Wildman–Crippen MR) is 82.4 cm³/mol. The maximum atomic E-state index is 5.50.